The van der Waals surface area contributed by atoms with E-state index in [-0.39, 0.29) is 29.3 Å². The van der Waals surface area contributed by atoms with E-state index in [1.807, 2.05) is 36.4 Å². The Labute approximate surface area is 248 Å². The van der Waals surface area contributed by atoms with E-state index in [1.54, 1.807) is 11.3 Å². The van der Waals surface area contributed by atoms with Crippen molar-refractivity contribution >= 4 is 34.5 Å². The predicted octanol–water partition coefficient (Wildman–Crippen LogP) is 5.53. The number of hydrogen-bond donors (Lipinski definition) is 1. The van der Waals surface area contributed by atoms with Crippen LogP contribution in [0.25, 0.3) is 0 Å². The van der Waals surface area contributed by atoms with Gasteiger partial charge in [0, 0.05) is 11.3 Å². The zero-order chi connectivity index (χ0) is 26.3. The molecule has 0 saturated carbocycles. The standard InChI is InChI=1S/C31H41ClN2O2S.BrH/c1-3-4-5-6-7-8-9-10-11-12-18-36-30-20-26(16-17-29(30)32)21-31(35)33-28-15-13-14-27(19-28)23-34-22-25(2)37-24-34;/h13-17,19-20,22,24H,3-12,18,21,23H2,1-2H3;1H. The highest BCUT2D eigenvalue weighted by Gasteiger charge is 2.10. The fourth-order valence-corrected chi connectivity index (χ4v) is 5.22. The number of halogens is 2. The van der Waals surface area contributed by atoms with E-state index in [4.69, 9.17) is 16.3 Å². The SMILES string of the molecule is CCCCCCCCCCCCOc1cc(CC(=O)Nc2cccc(C[n+]3csc(C)c3)c2)ccc1Cl.[Br-]. The molecule has 0 fully saturated rings. The molecule has 0 atom stereocenters. The van der Waals surface area contributed by atoms with Crippen LogP contribution < -0.4 is 31.6 Å². The van der Waals surface area contributed by atoms with E-state index in [0.29, 0.717) is 17.4 Å². The zero-order valence-electron chi connectivity index (χ0n) is 22.8. The molecule has 4 nitrogen and oxygen atoms in total. The molecule has 38 heavy (non-hydrogen) atoms. The van der Waals surface area contributed by atoms with Gasteiger partial charge in [0.1, 0.15) is 5.75 Å². The number of amides is 1. The summed E-state index contributed by atoms with van der Waals surface area (Å²) in [5.41, 5.74) is 4.95. The van der Waals surface area contributed by atoms with Crippen molar-refractivity contribution in [3.8, 4) is 5.75 Å². The first-order chi connectivity index (χ1) is 18.0. The van der Waals surface area contributed by atoms with Crippen LogP contribution in [0.5, 0.6) is 5.75 Å². The topological polar surface area (TPSA) is 42.2 Å². The van der Waals surface area contributed by atoms with Crippen LogP contribution in [0.15, 0.2) is 54.2 Å². The minimum atomic E-state index is -0.0563. The van der Waals surface area contributed by atoms with Gasteiger partial charge in [0.2, 0.25) is 11.4 Å². The first-order valence-electron chi connectivity index (χ1n) is 13.8. The average Bonchev–Trinajstić information content (AvgIpc) is 3.28. The minimum Gasteiger partial charge on any atom is -1.00 e. The van der Waals surface area contributed by atoms with Crippen LogP contribution >= 0.6 is 22.9 Å². The van der Waals surface area contributed by atoms with E-state index in [0.717, 1.165) is 29.8 Å². The normalized spacial score (nSPS) is 10.7. The van der Waals surface area contributed by atoms with Crippen molar-refractivity contribution in [1.82, 2.24) is 0 Å². The third-order valence-corrected chi connectivity index (χ3v) is 7.58. The lowest BCUT2D eigenvalue weighted by Gasteiger charge is -2.11. The molecule has 0 aliphatic heterocycles. The largest absolute Gasteiger partial charge is 1.00 e. The Hall–Kier alpha value is -1.89. The first kappa shape index (κ1) is 32.3. The smallest absolute Gasteiger partial charge is 0.228 e. The van der Waals surface area contributed by atoms with Crippen molar-refractivity contribution in [2.75, 3.05) is 11.9 Å². The Morgan fingerprint density at radius 2 is 1.66 bits per heavy atom. The van der Waals surface area contributed by atoms with E-state index in [2.05, 4.69) is 41.5 Å². The Bertz CT molecular complexity index is 1100. The number of benzene rings is 2. The number of aryl methyl sites for hydroxylation is 1. The van der Waals surface area contributed by atoms with Crippen LogP contribution in [0.3, 0.4) is 0 Å². The third-order valence-electron chi connectivity index (χ3n) is 6.41. The number of nitrogens with one attached hydrogen (secondary N) is 1. The fraction of sp³-hybridized carbons (Fsp3) is 0.484. The quantitative estimate of drug-likeness (QED) is 0.159. The maximum Gasteiger partial charge on any atom is 0.228 e. The average molecular weight is 622 g/mol. The van der Waals surface area contributed by atoms with Gasteiger partial charge < -0.3 is 27.0 Å². The number of aromatic nitrogens is 1. The molecule has 1 heterocycles. The van der Waals surface area contributed by atoms with Gasteiger partial charge in [-0.25, -0.2) is 0 Å². The summed E-state index contributed by atoms with van der Waals surface area (Å²) in [7, 11) is 0. The van der Waals surface area contributed by atoms with Crippen molar-refractivity contribution < 1.29 is 31.1 Å². The molecular formula is C31H42BrClN2O2S. The second-order valence-electron chi connectivity index (χ2n) is 9.86. The van der Waals surface area contributed by atoms with Crippen LogP contribution in [0.4, 0.5) is 5.69 Å². The molecule has 3 aromatic rings. The number of carbonyl (C=O) groups excluding carboxylic acids is 1. The highest BCUT2D eigenvalue weighted by Crippen LogP contribution is 2.26. The van der Waals surface area contributed by atoms with E-state index < -0.39 is 0 Å². The van der Waals surface area contributed by atoms with Crippen LogP contribution in [0, 0.1) is 6.92 Å². The molecule has 0 saturated heterocycles. The molecule has 7 heteroatoms. The third kappa shape index (κ3) is 12.3. The van der Waals surface area contributed by atoms with Gasteiger partial charge in [0.15, 0.2) is 12.7 Å². The molecule has 1 aromatic heterocycles. The van der Waals surface area contributed by atoms with E-state index >= 15 is 0 Å². The molecule has 0 aliphatic rings. The summed E-state index contributed by atoms with van der Waals surface area (Å²) in [6.45, 7) is 5.80. The number of anilines is 1. The number of hydrogen-bond acceptors (Lipinski definition) is 3. The molecule has 0 radical (unpaired) electrons. The maximum atomic E-state index is 12.7. The van der Waals surface area contributed by atoms with Crippen molar-refractivity contribution in [1.29, 1.82) is 0 Å². The molecular weight excluding hydrogens is 580 g/mol. The lowest BCUT2D eigenvalue weighted by atomic mass is 10.1. The summed E-state index contributed by atoms with van der Waals surface area (Å²) in [6.07, 6.45) is 15.3. The van der Waals surface area contributed by atoms with Crippen LogP contribution in [-0.2, 0) is 17.8 Å². The van der Waals surface area contributed by atoms with Gasteiger partial charge in [-0.05, 0) is 43.2 Å². The van der Waals surface area contributed by atoms with Crippen molar-refractivity contribution in [3.05, 3.63) is 75.2 Å². The lowest BCUT2D eigenvalue weighted by molar-refractivity contribution is -0.683. The van der Waals surface area contributed by atoms with E-state index in [9.17, 15) is 4.79 Å². The van der Waals surface area contributed by atoms with Gasteiger partial charge in [-0.15, -0.1) is 0 Å². The predicted molar refractivity (Wildman–Crippen MR) is 156 cm³/mol. The Balaban J connectivity index is 0.00000507. The van der Waals surface area contributed by atoms with Gasteiger partial charge in [0.25, 0.3) is 0 Å². The number of unbranched alkanes of at least 4 members (excludes halogenated alkanes) is 9. The molecule has 0 spiro atoms. The van der Waals surface area contributed by atoms with Gasteiger partial charge in [-0.3, -0.25) is 4.79 Å². The summed E-state index contributed by atoms with van der Waals surface area (Å²) >= 11 is 8.08. The summed E-state index contributed by atoms with van der Waals surface area (Å²) in [4.78, 5) is 14.0. The molecule has 2 aromatic carbocycles. The summed E-state index contributed by atoms with van der Waals surface area (Å²) in [5.74, 6) is 0.604. The maximum absolute atomic E-state index is 12.7. The molecule has 1 amide bonds. The lowest BCUT2D eigenvalue weighted by Crippen LogP contribution is -3.00. The molecule has 208 valence electrons. The minimum absolute atomic E-state index is 0. The van der Waals surface area contributed by atoms with Crippen LogP contribution in [-0.4, -0.2) is 12.5 Å². The number of thiazole rings is 1. The summed E-state index contributed by atoms with van der Waals surface area (Å²) < 4.78 is 8.12. The Kier molecular flexibility index (Phi) is 15.7. The van der Waals surface area contributed by atoms with Gasteiger partial charge in [-0.2, -0.15) is 4.57 Å². The number of rotatable bonds is 17. The van der Waals surface area contributed by atoms with Crippen LogP contribution in [0.2, 0.25) is 5.02 Å². The monoisotopic (exact) mass is 620 g/mol. The number of carbonyl (C=O) groups is 1. The van der Waals surface area contributed by atoms with E-state index in [1.165, 1.54) is 62.7 Å². The zero-order valence-corrected chi connectivity index (χ0v) is 26.0. The second-order valence-corrected chi connectivity index (χ2v) is 11.4. The van der Waals surface area contributed by atoms with Crippen molar-refractivity contribution in [3.63, 3.8) is 0 Å². The number of nitrogens with zero attached hydrogens (tertiary/aromatic N) is 1. The highest BCUT2D eigenvalue weighted by atomic mass is 79.9. The molecule has 0 unspecified atom stereocenters. The summed E-state index contributed by atoms with van der Waals surface area (Å²) in [6, 6.07) is 13.6. The fourth-order valence-electron chi connectivity index (χ4n) is 4.42. The molecule has 3 rings (SSSR count). The van der Waals surface area contributed by atoms with Gasteiger partial charge in [-0.1, -0.05) is 106 Å². The van der Waals surface area contributed by atoms with Crippen molar-refractivity contribution in [2.45, 2.75) is 91.0 Å². The van der Waals surface area contributed by atoms with Gasteiger partial charge >= 0.3 is 0 Å². The first-order valence-corrected chi connectivity index (χ1v) is 15.0. The molecule has 1 N–H and O–H groups in total. The molecule has 0 aliphatic carbocycles. The van der Waals surface area contributed by atoms with Crippen molar-refractivity contribution in [2.24, 2.45) is 0 Å². The second kappa shape index (κ2) is 18.4. The van der Waals surface area contributed by atoms with Gasteiger partial charge in [0.05, 0.1) is 22.9 Å². The Morgan fingerprint density at radius 1 is 0.947 bits per heavy atom. The molecule has 0 bridgehead atoms. The summed E-state index contributed by atoms with van der Waals surface area (Å²) in [5, 5.41) is 3.62. The van der Waals surface area contributed by atoms with Crippen LogP contribution in [0.1, 0.15) is 87.1 Å². The highest BCUT2D eigenvalue weighted by molar-refractivity contribution is 7.09. The Morgan fingerprint density at radius 3 is 2.34 bits per heavy atom. The number of ether oxygens (including phenoxy) is 1.